The van der Waals surface area contributed by atoms with Crippen LogP contribution in [0.4, 0.5) is 22.7 Å². The second-order valence-electron chi connectivity index (χ2n) is 16.0. The molecule has 0 fully saturated rings. The zero-order valence-electron chi connectivity index (χ0n) is 34.1. The van der Waals surface area contributed by atoms with Crippen molar-refractivity contribution in [2.45, 2.75) is 0 Å². The summed E-state index contributed by atoms with van der Waals surface area (Å²) in [6, 6.07) is 79.5. The van der Waals surface area contributed by atoms with Crippen molar-refractivity contribution in [3.05, 3.63) is 236 Å². The SMILES string of the molecule is [C-]#[N+]c1ccc(-n2c3ccccc3c3cc(-c4ccc(N(c5ccc(-c6ccccc6)cc5)c5ccc(-c6ccc7c(c6)Oc6cccc8cccc-7c68)cc5)cc4)ccc32)cc1. The first-order valence-corrected chi connectivity index (χ1v) is 21.2. The van der Waals surface area contributed by atoms with E-state index in [0.717, 1.165) is 73.1 Å². The maximum Gasteiger partial charge on any atom is 0.187 e. The minimum atomic E-state index is 0.635. The number of nitrogens with zero attached hydrogens (tertiary/aromatic N) is 3. The van der Waals surface area contributed by atoms with Gasteiger partial charge in [-0.15, -0.1) is 0 Å². The van der Waals surface area contributed by atoms with Crippen LogP contribution < -0.4 is 9.64 Å². The molecule has 12 rings (SSSR count). The van der Waals surface area contributed by atoms with E-state index in [1.54, 1.807) is 0 Å². The van der Waals surface area contributed by atoms with E-state index in [-0.39, 0.29) is 0 Å². The van der Waals surface area contributed by atoms with Crippen LogP contribution in [0, 0.1) is 6.57 Å². The third-order valence-electron chi connectivity index (χ3n) is 12.4. The number of anilines is 3. The number of para-hydroxylation sites is 1. The largest absolute Gasteiger partial charge is 0.456 e. The number of benzene rings is 10. The molecule has 4 heteroatoms. The van der Waals surface area contributed by atoms with E-state index in [9.17, 15) is 0 Å². The Bertz CT molecular complexity index is 3560. The van der Waals surface area contributed by atoms with Gasteiger partial charge in [0.1, 0.15) is 11.5 Å². The smallest absolute Gasteiger partial charge is 0.187 e. The standard InChI is InChI=1S/C59H37N3O/c1-60-46-25-33-50(34-26-46)62-55-15-6-5-13-51(55)54-37-44(24-36-56(54)62)41-19-29-48(30-20-41)61(47-27-17-40(18-28-47)39-9-3-2-4-10-39)49-31-21-42(22-32-49)45-23-35-52-53-14-7-11-43-12-8-16-57(59(43)53)63-58(52)38-45/h2-38H. The Balaban J connectivity index is 0.899. The molecule has 1 aliphatic heterocycles. The number of hydrogen-bond donors (Lipinski definition) is 0. The Morgan fingerprint density at radius 2 is 0.952 bits per heavy atom. The van der Waals surface area contributed by atoms with Crippen molar-refractivity contribution in [3.63, 3.8) is 0 Å². The number of hydrogen-bond acceptors (Lipinski definition) is 2. The summed E-state index contributed by atoms with van der Waals surface area (Å²) >= 11 is 0. The highest BCUT2D eigenvalue weighted by molar-refractivity contribution is 6.10. The zero-order chi connectivity index (χ0) is 41.9. The third kappa shape index (κ3) is 6.22. The van der Waals surface area contributed by atoms with Crippen LogP contribution in [0.1, 0.15) is 0 Å². The van der Waals surface area contributed by atoms with E-state index in [1.165, 1.54) is 38.2 Å². The maximum atomic E-state index is 7.42. The highest BCUT2D eigenvalue weighted by atomic mass is 16.5. The fourth-order valence-electron chi connectivity index (χ4n) is 9.34. The highest BCUT2D eigenvalue weighted by Gasteiger charge is 2.21. The molecule has 2 heterocycles. The molecule has 0 amide bonds. The second kappa shape index (κ2) is 14.8. The van der Waals surface area contributed by atoms with Gasteiger partial charge in [0.15, 0.2) is 5.69 Å². The van der Waals surface area contributed by atoms with Gasteiger partial charge in [-0.05, 0) is 129 Å². The Labute approximate surface area is 365 Å². The Hall–Kier alpha value is -8.65. The molecule has 0 saturated carbocycles. The topological polar surface area (TPSA) is 21.8 Å². The summed E-state index contributed by atoms with van der Waals surface area (Å²) in [5, 5.41) is 4.74. The lowest BCUT2D eigenvalue weighted by Crippen LogP contribution is -2.09. The van der Waals surface area contributed by atoms with E-state index in [4.69, 9.17) is 11.3 Å². The van der Waals surface area contributed by atoms with Gasteiger partial charge in [0.05, 0.1) is 17.6 Å². The normalized spacial score (nSPS) is 11.6. The van der Waals surface area contributed by atoms with Crippen molar-refractivity contribution in [1.82, 2.24) is 4.57 Å². The molecule has 0 aliphatic carbocycles. The number of fused-ring (bicyclic) bond motifs is 5. The van der Waals surface area contributed by atoms with E-state index < -0.39 is 0 Å². The van der Waals surface area contributed by atoms with E-state index in [2.05, 4.69) is 215 Å². The van der Waals surface area contributed by atoms with Crippen molar-refractivity contribution >= 4 is 55.3 Å². The van der Waals surface area contributed by atoms with E-state index >= 15 is 0 Å². The summed E-state index contributed by atoms with van der Waals surface area (Å²) in [5.41, 5.74) is 16.3. The van der Waals surface area contributed by atoms with Crippen molar-refractivity contribution < 1.29 is 4.74 Å². The van der Waals surface area contributed by atoms with Gasteiger partial charge in [0.2, 0.25) is 0 Å². The molecule has 4 nitrogen and oxygen atoms in total. The van der Waals surface area contributed by atoms with Crippen molar-refractivity contribution in [2.75, 3.05) is 4.90 Å². The predicted molar refractivity (Wildman–Crippen MR) is 261 cm³/mol. The van der Waals surface area contributed by atoms with Gasteiger partial charge in [0, 0.05) is 44.5 Å². The van der Waals surface area contributed by atoms with Crippen molar-refractivity contribution in [2.24, 2.45) is 0 Å². The van der Waals surface area contributed by atoms with Crippen molar-refractivity contribution in [1.29, 1.82) is 0 Å². The summed E-state index contributed by atoms with van der Waals surface area (Å²) in [6.45, 7) is 7.42. The summed E-state index contributed by atoms with van der Waals surface area (Å²) < 4.78 is 8.81. The molecule has 11 aromatic rings. The van der Waals surface area contributed by atoms with Crippen LogP contribution in [0.15, 0.2) is 224 Å². The van der Waals surface area contributed by atoms with Gasteiger partial charge in [-0.3, -0.25) is 0 Å². The summed E-state index contributed by atoms with van der Waals surface area (Å²) in [7, 11) is 0. The quantitative estimate of drug-likeness (QED) is 0.150. The molecule has 0 saturated heterocycles. The lowest BCUT2D eigenvalue weighted by atomic mass is 9.93. The molecule has 0 radical (unpaired) electrons. The molecule has 1 aromatic heterocycles. The molecule has 0 spiro atoms. The Kier molecular flexibility index (Phi) is 8.52. The molecule has 294 valence electrons. The maximum absolute atomic E-state index is 7.42. The minimum Gasteiger partial charge on any atom is -0.456 e. The van der Waals surface area contributed by atoms with Gasteiger partial charge >= 0.3 is 0 Å². The van der Waals surface area contributed by atoms with Crippen LogP contribution in [0.2, 0.25) is 0 Å². The molecule has 0 atom stereocenters. The number of rotatable bonds is 7. The van der Waals surface area contributed by atoms with Gasteiger partial charge in [-0.25, -0.2) is 4.85 Å². The number of aromatic nitrogens is 1. The molecule has 63 heavy (non-hydrogen) atoms. The van der Waals surface area contributed by atoms with Crippen LogP contribution in [-0.2, 0) is 0 Å². The summed E-state index contributed by atoms with van der Waals surface area (Å²) in [4.78, 5) is 5.92. The third-order valence-corrected chi connectivity index (χ3v) is 12.4. The Morgan fingerprint density at radius 3 is 1.63 bits per heavy atom. The van der Waals surface area contributed by atoms with Crippen LogP contribution in [-0.4, -0.2) is 4.57 Å². The first-order valence-electron chi connectivity index (χ1n) is 21.2. The van der Waals surface area contributed by atoms with Gasteiger partial charge in [-0.2, -0.15) is 0 Å². The van der Waals surface area contributed by atoms with E-state index in [1.807, 2.05) is 24.3 Å². The molecule has 1 aliphatic rings. The highest BCUT2D eigenvalue weighted by Crippen LogP contribution is 2.48. The molecule has 0 unspecified atom stereocenters. The van der Waals surface area contributed by atoms with Crippen LogP contribution >= 0.6 is 0 Å². The first kappa shape index (κ1) is 36.2. The van der Waals surface area contributed by atoms with Crippen LogP contribution in [0.25, 0.3) is 87.6 Å². The lowest BCUT2D eigenvalue weighted by molar-refractivity contribution is 0.487. The van der Waals surface area contributed by atoms with Crippen LogP contribution in [0.5, 0.6) is 11.5 Å². The fourth-order valence-corrected chi connectivity index (χ4v) is 9.34. The fraction of sp³-hybridized carbons (Fsp3) is 0. The molecular formula is C59H37N3O. The second-order valence-corrected chi connectivity index (χ2v) is 16.0. The van der Waals surface area contributed by atoms with Crippen molar-refractivity contribution in [3.8, 4) is 61.7 Å². The zero-order valence-corrected chi connectivity index (χ0v) is 34.1. The first-order chi connectivity index (χ1) is 31.2. The van der Waals surface area contributed by atoms with Crippen LogP contribution in [0.3, 0.4) is 0 Å². The molecule has 10 aromatic carbocycles. The van der Waals surface area contributed by atoms with E-state index in [0.29, 0.717) is 5.69 Å². The average molecular weight is 804 g/mol. The van der Waals surface area contributed by atoms with Gasteiger partial charge in [0.25, 0.3) is 0 Å². The molecule has 0 N–H and O–H groups in total. The minimum absolute atomic E-state index is 0.635. The molecule has 0 bridgehead atoms. The van der Waals surface area contributed by atoms with Gasteiger partial charge in [-0.1, -0.05) is 140 Å². The summed E-state index contributed by atoms with van der Waals surface area (Å²) in [6.07, 6.45) is 0. The van der Waals surface area contributed by atoms with Gasteiger partial charge < -0.3 is 14.2 Å². The monoisotopic (exact) mass is 803 g/mol. The summed E-state index contributed by atoms with van der Waals surface area (Å²) in [5.74, 6) is 1.77. The number of ether oxygens (including phenoxy) is 1. The predicted octanol–water partition coefficient (Wildman–Crippen LogP) is 16.7. The lowest BCUT2D eigenvalue weighted by Gasteiger charge is -2.26. The average Bonchev–Trinajstić information content (AvgIpc) is 3.69. The Morgan fingerprint density at radius 1 is 0.397 bits per heavy atom. The molecular weight excluding hydrogens is 767 g/mol.